The summed E-state index contributed by atoms with van der Waals surface area (Å²) in [6, 6.07) is 11.4. The number of carbonyl (C=O) groups excluding carboxylic acids is 4. The molecule has 2 rings (SSSR count). The van der Waals surface area contributed by atoms with Gasteiger partial charge in [-0.3, -0.25) is 9.59 Å². The molecule has 0 radical (unpaired) electrons. The Morgan fingerprint density at radius 2 is 1.51 bits per heavy atom. The van der Waals surface area contributed by atoms with Crippen LogP contribution in [0, 0.1) is 0 Å². The van der Waals surface area contributed by atoms with Gasteiger partial charge in [-0.15, -0.1) is 0 Å². The number of unbranched alkanes of at least 4 members (excludes halogenated alkanes) is 2. The Labute approximate surface area is 228 Å². The summed E-state index contributed by atoms with van der Waals surface area (Å²) >= 11 is 0. The van der Waals surface area contributed by atoms with Crippen LogP contribution in [0.1, 0.15) is 55.5 Å². The van der Waals surface area contributed by atoms with Crippen molar-refractivity contribution in [3.63, 3.8) is 0 Å². The zero-order chi connectivity index (χ0) is 28.8. The average Bonchev–Trinajstić information content (AvgIpc) is 2.91. The van der Waals surface area contributed by atoms with Gasteiger partial charge < -0.3 is 29.8 Å². The summed E-state index contributed by atoms with van der Waals surface area (Å²) in [5.74, 6) is -0.484. The van der Waals surface area contributed by atoms with E-state index in [0.29, 0.717) is 37.4 Å². The summed E-state index contributed by atoms with van der Waals surface area (Å²) in [6.45, 7) is 4.32. The number of benzene rings is 2. The molecule has 11 heteroatoms. The lowest BCUT2D eigenvalue weighted by Crippen LogP contribution is -2.36. The Balaban J connectivity index is 1.85. The number of carbonyl (C=O) groups is 4. The number of aromatic hydroxyl groups is 1. The average molecular weight is 540 g/mol. The minimum absolute atomic E-state index is 0.0740. The summed E-state index contributed by atoms with van der Waals surface area (Å²) in [4.78, 5) is 49.8. The second-order valence-corrected chi connectivity index (χ2v) is 9.25. The van der Waals surface area contributed by atoms with E-state index in [1.165, 1.54) is 28.9 Å². The first kappa shape index (κ1) is 30.9. The van der Waals surface area contributed by atoms with E-state index in [9.17, 15) is 24.3 Å². The van der Waals surface area contributed by atoms with Gasteiger partial charge in [-0.25, -0.2) is 4.79 Å². The lowest BCUT2D eigenvalue weighted by atomic mass is 10.1. The molecule has 0 aliphatic rings. The Morgan fingerprint density at radius 3 is 2.18 bits per heavy atom. The molecule has 0 unspecified atom stereocenters. The van der Waals surface area contributed by atoms with E-state index in [0.717, 1.165) is 24.8 Å². The van der Waals surface area contributed by atoms with Crippen LogP contribution < -0.4 is 5.32 Å². The first-order valence-corrected chi connectivity index (χ1v) is 12.8. The molecule has 0 spiro atoms. The number of nitrogens with zero attached hydrogens (tertiary/aromatic N) is 4. The molecule has 0 saturated carbocycles. The van der Waals surface area contributed by atoms with Crippen molar-refractivity contribution < 1.29 is 29.0 Å². The fourth-order valence-electron chi connectivity index (χ4n) is 3.32. The number of ether oxygens (including phenoxy) is 1. The van der Waals surface area contributed by atoms with Gasteiger partial charge in [-0.2, -0.15) is 10.2 Å². The van der Waals surface area contributed by atoms with Gasteiger partial charge in [0.1, 0.15) is 18.1 Å². The van der Waals surface area contributed by atoms with Crippen LogP contribution in [0.15, 0.2) is 52.7 Å². The van der Waals surface area contributed by atoms with Crippen LogP contribution in [0.25, 0.3) is 0 Å². The Hall–Kier alpha value is -4.28. The highest BCUT2D eigenvalue weighted by Gasteiger charge is 2.13. The highest BCUT2D eigenvalue weighted by Crippen LogP contribution is 2.25. The molecule has 0 aromatic heterocycles. The predicted molar refractivity (Wildman–Crippen MR) is 146 cm³/mol. The van der Waals surface area contributed by atoms with Crippen LogP contribution in [0.4, 0.5) is 16.2 Å². The van der Waals surface area contributed by atoms with E-state index in [2.05, 4.69) is 15.5 Å². The SMILES string of the molecule is CC(=O)CCCCCNC(=O)c1cc(N=Nc2ccc(COC(=O)N(C)CCN(C)C(C)=O)cc2)ccc1O. The van der Waals surface area contributed by atoms with Crippen molar-refractivity contribution in [2.45, 2.75) is 46.1 Å². The fraction of sp³-hybridized carbons (Fsp3) is 0.429. The molecule has 0 saturated heterocycles. The number of hydrogen-bond donors (Lipinski definition) is 2. The molecule has 210 valence electrons. The lowest BCUT2D eigenvalue weighted by molar-refractivity contribution is -0.127. The van der Waals surface area contributed by atoms with Gasteiger partial charge in [-0.1, -0.05) is 18.6 Å². The topological polar surface area (TPSA) is 141 Å². The molecule has 0 fully saturated rings. The normalized spacial score (nSPS) is 10.8. The van der Waals surface area contributed by atoms with Crippen molar-refractivity contribution in [3.05, 3.63) is 53.6 Å². The third-order valence-corrected chi connectivity index (χ3v) is 5.92. The number of ketones is 1. The molecule has 0 atom stereocenters. The van der Waals surface area contributed by atoms with Gasteiger partial charge in [-0.05, 0) is 55.7 Å². The molecular formula is C28H37N5O6. The van der Waals surface area contributed by atoms with Gasteiger partial charge in [0.05, 0.1) is 16.9 Å². The molecule has 39 heavy (non-hydrogen) atoms. The van der Waals surface area contributed by atoms with Gasteiger partial charge >= 0.3 is 6.09 Å². The minimum atomic E-state index is -0.490. The van der Waals surface area contributed by atoms with Crippen LogP contribution in [0.2, 0.25) is 0 Å². The first-order valence-electron chi connectivity index (χ1n) is 12.8. The number of amides is 3. The summed E-state index contributed by atoms with van der Waals surface area (Å²) < 4.78 is 5.31. The van der Waals surface area contributed by atoms with Crippen molar-refractivity contribution in [1.29, 1.82) is 0 Å². The Bertz CT molecular complexity index is 1170. The molecule has 0 bridgehead atoms. The molecule has 2 N–H and O–H groups in total. The predicted octanol–water partition coefficient (Wildman–Crippen LogP) is 4.73. The van der Waals surface area contributed by atoms with Gasteiger partial charge in [0.2, 0.25) is 5.91 Å². The number of phenolic OH excluding ortho intramolecular Hbond substituents is 1. The van der Waals surface area contributed by atoms with Crippen LogP contribution in [0.3, 0.4) is 0 Å². The van der Waals surface area contributed by atoms with Crippen molar-refractivity contribution in [1.82, 2.24) is 15.1 Å². The van der Waals surface area contributed by atoms with E-state index in [1.807, 2.05) is 0 Å². The quantitative estimate of drug-likeness (QED) is 0.263. The second-order valence-electron chi connectivity index (χ2n) is 9.25. The van der Waals surface area contributed by atoms with Crippen LogP contribution >= 0.6 is 0 Å². The molecule has 0 heterocycles. The molecule has 11 nitrogen and oxygen atoms in total. The van der Waals surface area contributed by atoms with Crippen LogP contribution in [0.5, 0.6) is 5.75 Å². The zero-order valence-electron chi connectivity index (χ0n) is 23.0. The minimum Gasteiger partial charge on any atom is -0.507 e. The van der Waals surface area contributed by atoms with E-state index >= 15 is 0 Å². The van der Waals surface area contributed by atoms with Crippen molar-refractivity contribution in [3.8, 4) is 5.75 Å². The first-order chi connectivity index (χ1) is 18.6. The molecule has 0 aliphatic carbocycles. The fourth-order valence-corrected chi connectivity index (χ4v) is 3.32. The smallest absolute Gasteiger partial charge is 0.409 e. The zero-order valence-corrected chi connectivity index (χ0v) is 23.0. The second kappa shape index (κ2) is 15.9. The van der Waals surface area contributed by atoms with Gasteiger partial charge in [0.15, 0.2) is 0 Å². The number of hydrogen-bond acceptors (Lipinski definition) is 8. The number of rotatable bonds is 14. The standard InChI is InChI=1S/C28H37N5O6/c1-20(34)8-6-5-7-15-29-27(37)25-18-24(13-14-26(25)36)31-30-23-11-9-22(10-12-23)19-39-28(38)33(4)17-16-32(3)21(2)35/h9-14,18,36H,5-8,15-17,19H2,1-4H3,(H,29,37). The van der Waals surface area contributed by atoms with Crippen molar-refractivity contribution in [2.75, 3.05) is 33.7 Å². The maximum atomic E-state index is 12.5. The number of azo groups is 1. The van der Waals surface area contributed by atoms with E-state index in [1.54, 1.807) is 51.4 Å². The number of likely N-dealkylation sites (N-methyl/N-ethyl adjacent to an activating group) is 2. The molecule has 2 aromatic rings. The third-order valence-electron chi connectivity index (χ3n) is 5.92. The monoisotopic (exact) mass is 539 g/mol. The summed E-state index contributed by atoms with van der Waals surface area (Å²) in [6.07, 6.45) is 2.41. The summed E-state index contributed by atoms with van der Waals surface area (Å²) in [5, 5.41) is 21.2. The molecule has 3 amide bonds. The van der Waals surface area contributed by atoms with Gasteiger partial charge in [0, 0.05) is 47.1 Å². The lowest BCUT2D eigenvalue weighted by Gasteiger charge is -2.21. The number of Topliss-reactive ketones (excluding diaryl/α,β-unsaturated/α-hetero) is 1. The maximum absolute atomic E-state index is 12.5. The molecule has 0 aliphatic heterocycles. The number of nitrogens with one attached hydrogen (secondary N) is 1. The number of phenols is 1. The summed E-state index contributed by atoms with van der Waals surface area (Å²) in [7, 11) is 3.28. The third kappa shape index (κ3) is 11.3. The van der Waals surface area contributed by atoms with Crippen LogP contribution in [-0.4, -0.2) is 72.3 Å². The highest BCUT2D eigenvalue weighted by molar-refractivity contribution is 5.97. The van der Waals surface area contributed by atoms with Crippen molar-refractivity contribution in [2.24, 2.45) is 10.2 Å². The largest absolute Gasteiger partial charge is 0.507 e. The van der Waals surface area contributed by atoms with E-state index in [-0.39, 0.29) is 29.6 Å². The summed E-state index contributed by atoms with van der Waals surface area (Å²) in [5.41, 5.74) is 1.82. The Kier molecular flexibility index (Phi) is 12.6. The maximum Gasteiger partial charge on any atom is 0.409 e. The van der Waals surface area contributed by atoms with Gasteiger partial charge in [0.25, 0.3) is 5.91 Å². The molecular weight excluding hydrogens is 502 g/mol. The Morgan fingerprint density at radius 1 is 0.872 bits per heavy atom. The van der Waals surface area contributed by atoms with E-state index in [4.69, 9.17) is 4.74 Å². The van der Waals surface area contributed by atoms with E-state index < -0.39 is 12.0 Å². The van der Waals surface area contributed by atoms with Crippen LogP contribution in [-0.2, 0) is 20.9 Å². The highest BCUT2D eigenvalue weighted by atomic mass is 16.6. The molecule has 2 aromatic carbocycles. The van der Waals surface area contributed by atoms with Crippen molar-refractivity contribution >= 4 is 35.1 Å².